The van der Waals surface area contributed by atoms with Gasteiger partial charge in [-0.15, -0.1) is 0 Å². The lowest BCUT2D eigenvalue weighted by atomic mass is 9.74. The molecule has 0 spiro atoms. The summed E-state index contributed by atoms with van der Waals surface area (Å²) >= 11 is 0. The van der Waals surface area contributed by atoms with Gasteiger partial charge in [-0.25, -0.2) is 14.8 Å². The van der Waals surface area contributed by atoms with Gasteiger partial charge in [-0.2, -0.15) is 0 Å². The molecule has 1 atom stereocenters. The van der Waals surface area contributed by atoms with Crippen LogP contribution in [-0.2, 0) is 13.0 Å². The number of hydrogen-bond donors (Lipinski definition) is 3. The minimum absolute atomic E-state index is 0.0277. The van der Waals surface area contributed by atoms with Crippen molar-refractivity contribution in [2.45, 2.75) is 39.3 Å². The summed E-state index contributed by atoms with van der Waals surface area (Å²) in [6.07, 6.45) is 4.78. The number of carbonyl (C=O) groups is 1. The Labute approximate surface area is 174 Å². The van der Waals surface area contributed by atoms with Gasteiger partial charge in [-0.05, 0) is 23.8 Å². The van der Waals surface area contributed by atoms with Crippen LogP contribution in [-0.4, -0.2) is 32.9 Å². The highest BCUT2D eigenvalue weighted by Crippen LogP contribution is 2.40. The maximum Gasteiger partial charge on any atom is 0.323 e. The summed E-state index contributed by atoms with van der Waals surface area (Å²) in [6.45, 7) is 5.05. The van der Waals surface area contributed by atoms with Gasteiger partial charge in [0.15, 0.2) is 0 Å². The second kappa shape index (κ2) is 7.78. The van der Waals surface area contributed by atoms with Gasteiger partial charge in [0.25, 0.3) is 5.91 Å². The second-order valence-electron chi connectivity index (χ2n) is 8.64. The molecule has 156 valence electrons. The van der Waals surface area contributed by atoms with E-state index < -0.39 is 5.69 Å². The van der Waals surface area contributed by atoms with Crippen molar-refractivity contribution in [2.75, 3.05) is 11.9 Å². The third-order valence-corrected chi connectivity index (χ3v) is 5.42. The summed E-state index contributed by atoms with van der Waals surface area (Å²) in [4.78, 5) is 40.3. The molecule has 1 aromatic carbocycles. The molecule has 1 amide bonds. The highest BCUT2D eigenvalue weighted by Gasteiger charge is 2.35. The number of hydrogen-bond acceptors (Lipinski definition) is 5. The van der Waals surface area contributed by atoms with Gasteiger partial charge in [0, 0.05) is 31.5 Å². The van der Waals surface area contributed by atoms with Crippen LogP contribution in [0.4, 0.5) is 5.95 Å². The molecule has 0 aliphatic heterocycles. The molecule has 1 aliphatic carbocycles. The van der Waals surface area contributed by atoms with Gasteiger partial charge in [-0.3, -0.25) is 4.79 Å². The lowest BCUT2D eigenvalue weighted by Gasteiger charge is -2.36. The minimum atomic E-state index is -0.404. The van der Waals surface area contributed by atoms with Crippen LogP contribution in [0.25, 0.3) is 0 Å². The predicted molar refractivity (Wildman–Crippen MR) is 114 cm³/mol. The van der Waals surface area contributed by atoms with E-state index >= 15 is 0 Å². The van der Waals surface area contributed by atoms with Gasteiger partial charge in [0.2, 0.25) is 5.95 Å². The fourth-order valence-corrected chi connectivity index (χ4v) is 3.97. The molecule has 30 heavy (non-hydrogen) atoms. The van der Waals surface area contributed by atoms with E-state index in [1.54, 1.807) is 0 Å². The summed E-state index contributed by atoms with van der Waals surface area (Å²) in [5, 5.41) is 3.03. The van der Waals surface area contributed by atoms with Crippen molar-refractivity contribution in [1.82, 2.24) is 25.3 Å². The van der Waals surface area contributed by atoms with E-state index in [1.165, 1.54) is 11.8 Å². The Morgan fingerprint density at radius 3 is 2.77 bits per heavy atom. The number of H-pyrrole nitrogens is 2. The van der Waals surface area contributed by atoms with Crippen molar-refractivity contribution in [1.29, 1.82) is 0 Å². The first-order valence-electron chi connectivity index (χ1n) is 10.0. The molecule has 1 aliphatic rings. The molecule has 8 heteroatoms. The van der Waals surface area contributed by atoms with Crippen LogP contribution in [0.15, 0.2) is 47.5 Å². The molecular formula is C22H26N6O2. The van der Waals surface area contributed by atoms with Gasteiger partial charge in [0.1, 0.15) is 5.69 Å². The van der Waals surface area contributed by atoms with Crippen molar-refractivity contribution in [3.8, 4) is 0 Å². The number of rotatable bonds is 5. The molecule has 0 unspecified atom stereocenters. The first kappa shape index (κ1) is 19.9. The Balaban J connectivity index is 1.58. The van der Waals surface area contributed by atoms with Crippen LogP contribution in [0.5, 0.6) is 0 Å². The zero-order valence-corrected chi connectivity index (χ0v) is 17.4. The van der Waals surface area contributed by atoms with E-state index in [2.05, 4.69) is 46.2 Å². The average molecular weight is 406 g/mol. The van der Waals surface area contributed by atoms with Crippen LogP contribution in [0.2, 0.25) is 0 Å². The zero-order chi connectivity index (χ0) is 21.3. The van der Waals surface area contributed by atoms with Crippen molar-refractivity contribution in [2.24, 2.45) is 5.41 Å². The van der Waals surface area contributed by atoms with E-state index in [-0.39, 0.29) is 23.1 Å². The summed E-state index contributed by atoms with van der Waals surface area (Å²) < 4.78 is 0. The molecule has 2 heterocycles. The van der Waals surface area contributed by atoms with Gasteiger partial charge >= 0.3 is 5.69 Å². The molecule has 3 N–H and O–H groups in total. The predicted octanol–water partition coefficient (Wildman–Crippen LogP) is 2.57. The number of fused-ring (bicyclic) bond motifs is 1. The molecule has 4 rings (SSSR count). The molecule has 0 saturated carbocycles. The largest absolute Gasteiger partial charge is 0.344 e. The quantitative estimate of drug-likeness (QED) is 0.604. The number of nitrogens with zero attached hydrogens (tertiary/aromatic N) is 3. The molecule has 0 radical (unpaired) electrons. The zero-order valence-electron chi connectivity index (χ0n) is 17.4. The topological polar surface area (TPSA) is 107 Å². The van der Waals surface area contributed by atoms with E-state index in [9.17, 15) is 9.59 Å². The summed E-state index contributed by atoms with van der Waals surface area (Å²) in [5.41, 5.74) is 2.85. The van der Waals surface area contributed by atoms with Gasteiger partial charge in [0.05, 0.1) is 11.7 Å². The highest BCUT2D eigenvalue weighted by molar-refractivity contribution is 5.92. The fraction of sp³-hybridized carbons (Fsp3) is 0.364. The van der Waals surface area contributed by atoms with Crippen LogP contribution < -0.4 is 15.9 Å². The summed E-state index contributed by atoms with van der Waals surface area (Å²) in [5.74, 6) is 0.336. The SMILES string of the molecule is CN(Cc1ccccc1)c1ncc2c(n1)CC(C)(C)C[C@H]2NC(=O)c1c[nH]c(=O)[nH]1. The van der Waals surface area contributed by atoms with Crippen LogP contribution in [0, 0.1) is 5.41 Å². The van der Waals surface area contributed by atoms with Crippen LogP contribution >= 0.6 is 0 Å². The molecule has 2 aromatic heterocycles. The fourth-order valence-electron chi connectivity index (χ4n) is 3.97. The number of aromatic nitrogens is 4. The Hall–Kier alpha value is -3.42. The number of carbonyl (C=O) groups excluding carboxylic acids is 1. The van der Waals surface area contributed by atoms with E-state index in [4.69, 9.17) is 4.98 Å². The molecule has 0 saturated heterocycles. The first-order chi connectivity index (χ1) is 14.3. The smallest absolute Gasteiger partial charge is 0.323 e. The first-order valence-corrected chi connectivity index (χ1v) is 10.0. The third kappa shape index (κ3) is 4.27. The molecule has 3 aromatic rings. The molecule has 8 nitrogen and oxygen atoms in total. The van der Waals surface area contributed by atoms with Crippen LogP contribution in [0.1, 0.15) is 53.6 Å². The van der Waals surface area contributed by atoms with E-state index in [0.717, 1.165) is 24.1 Å². The summed E-state index contributed by atoms with van der Waals surface area (Å²) in [7, 11) is 1.98. The van der Waals surface area contributed by atoms with Crippen molar-refractivity contribution in [3.63, 3.8) is 0 Å². The minimum Gasteiger partial charge on any atom is -0.344 e. The Bertz CT molecular complexity index is 1100. The summed E-state index contributed by atoms with van der Waals surface area (Å²) in [6, 6.07) is 9.97. The normalized spacial score (nSPS) is 17.2. The van der Waals surface area contributed by atoms with Gasteiger partial charge in [-0.1, -0.05) is 44.2 Å². The number of anilines is 1. The number of nitrogens with one attached hydrogen (secondary N) is 3. The van der Waals surface area contributed by atoms with Crippen molar-refractivity contribution < 1.29 is 4.79 Å². The number of benzene rings is 1. The molecule has 0 bridgehead atoms. The Kier molecular flexibility index (Phi) is 5.15. The maximum absolute atomic E-state index is 12.6. The lowest BCUT2D eigenvalue weighted by Crippen LogP contribution is -2.37. The molecule has 0 fully saturated rings. The average Bonchev–Trinajstić information content (AvgIpc) is 3.14. The standard InChI is InChI=1S/C22H26N6O2/c1-22(2)9-16(25-19(29)18-12-24-21(30)27-18)15-11-23-20(26-17(15)10-22)28(3)13-14-7-5-4-6-8-14/h4-8,11-12,16H,9-10,13H2,1-3H3,(H,25,29)(H2,24,27,30)/t16-/m1/s1. The number of aromatic amines is 2. The Morgan fingerprint density at radius 1 is 1.30 bits per heavy atom. The number of imidazole rings is 1. The second-order valence-corrected chi connectivity index (χ2v) is 8.64. The van der Waals surface area contributed by atoms with Crippen LogP contribution in [0.3, 0.4) is 0 Å². The monoisotopic (exact) mass is 406 g/mol. The van der Waals surface area contributed by atoms with E-state index in [1.807, 2.05) is 36.3 Å². The maximum atomic E-state index is 12.6. The Morgan fingerprint density at radius 2 is 2.07 bits per heavy atom. The number of amides is 1. The molecular weight excluding hydrogens is 380 g/mol. The highest BCUT2D eigenvalue weighted by atomic mass is 16.2. The third-order valence-electron chi connectivity index (χ3n) is 5.42. The van der Waals surface area contributed by atoms with Gasteiger partial charge < -0.3 is 20.2 Å². The van der Waals surface area contributed by atoms with E-state index in [0.29, 0.717) is 12.5 Å². The lowest BCUT2D eigenvalue weighted by molar-refractivity contribution is 0.0914. The van der Waals surface area contributed by atoms with Crippen molar-refractivity contribution >= 4 is 11.9 Å². The van der Waals surface area contributed by atoms with Crippen molar-refractivity contribution in [3.05, 3.63) is 75.7 Å².